The molecule has 0 bridgehead atoms. The van der Waals surface area contributed by atoms with Crippen molar-refractivity contribution in [3.05, 3.63) is 58.6 Å². The Kier molecular flexibility index (Phi) is 4.72. The number of aryl methyl sites for hydroxylation is 3. The predicted octanol–water partition coefficient (Wildman–Crippen LogP) is 3.68. The van der Waals surface area contributed by atoms with E-state index >= 15 is 0 Å². The molecule has 0 spiro atoms. The molecule has 1 atom stereocenters. The Balaban J connectivity index is 1.87. The molecule has 0 unspecified atom stereocenters. The fraction of sp³-hybridized carbons (Fsp3) is 0.421. The van der Waals surface area contributed by atoms with E-state index in [9.17, 15) is 0 Å². The van der Waals surface area contributed by atoms with Crippen LogP contribution in [0.2, 0.25) is 0 Å². The molecule has 0 amide bonds. The summed E-state index contributed by atoms with van der Waals surface area (Å²) in [6.45, 7) is 10.9. The van der Waals surface area contributed by atoms with Crippen molar-refractivity contribution in [3.63, 3.8) is 0 Å². The van der Waals surface area contributed by atoms with Crippen LogP contribution in [-0.2, 0) is 6.54 Å². The van der Waals surface area contributed by atoms with Gasteiger partial charge < -0.3 is 4.42 Å². The summed E-state index contributed by atoms with van der Waals surface area (Å²) in [6.07, 6.45) is 0. The fourth-order valence-electron chi connectivity index (χ4n) is 2.99. The van der Waals surface area contributed by atoms with E-state index < -0.39 is 0 Å². The van der Waals surface area contributed by atoms with Crippen molar-refractivity contribution in [3.8, 4) is 5.69 Å². The highest BCUT2D eigenvalue weighted by Crippen LogP contribution is 2.24. The Morgan fingerprint density at radius 1 is 1.12 bits per heavy atom. The second-order valence-electron chi connectivity index (χ2n) is 6.60. The largest absolute Gasteiger partial charge is 0.424 e. The zero-order chi connectivity index (χ0) is 18.1. The molecular formula is C19H25N5O. The number of nitrogens with zero attached hydrogens (tertiary/aromatic N) is 5. The summed E-state index contributed by atoms with van der Waals surface area (Å²) in [5.41, 5.74) is 5.77. The lowest BCUT2D eigenvalue weighted by molar-refractivity contribution is 0.214. The first-order chi connectivity index (χ1) is 11.9. The van der Waals surface area contributed by atoms with Crippen LogP contribution in [0.15, 0.2) is 28.7 Å². The Hall–Kier alpha value is -2.47. The van der Waals surface area contributed by atoms with Crippen LogP contribution in [0.1, 0.15) is 47.3 Å². The van der Waals surface area contributed by atoms with Crippen LogP contribution in [0.5, 0.6) is 0 Å². The van der Waals surface area contributed by atoms with Crippen molar-refractivity contribution in [2.45, 2.75) is 47.2 Å². The number of rotatable bonds is 5. The van der Waals surface area contributed by atoms with Crippen molar-refractivity contribution in [1.82, 2.24) is 24.9 Å². The van der Waals surface area contributed by atoms with Gasteiger partial charge in [-0.05, 0) is 46.4 Å². The molecule has 0 fully saturated rings. The molecule has 0 saturated carbocycles. The van der Waals surface area contributed by atoms with Crippen LogP contribution in [0.3, 0.4) is 0 Å². The molecule has 0 aliphatic rings. The van der Waals surface area contributed by atoms with E-state index in [0.29, 0.717) is 11.8 Å². The van der Waals surface area contributed by atoms with E-state index in [4.69, 9.17) is 9.52 Å². The topological polar surface area (TPSA) is 60.0 Å². The fourth-order valence-corrected chi connectivity index (χ4v) is 2.99. The van der Waals surface area contributed by atoms with Gasteiger partial charge in [-0.1, -0.05) is 18.2 Å². The van der Waals surface area contributed by atoms with Crippen LogP contribution in [0.25, 0.3) is 5.69 Å². The van der Waals surface area contributed by atoms with Crippen LogP contribution < -0.4 is 0 Å². The molecule has 132 valence electrons. The molecule has 1 aromatic carbocycles. The summed E-state index contributed by atoms with van der Waals surface area (Å²) >= 11 is 0. The van der Waals surface area contributed by atoms with Crippen LogP contribution in [0.4, 0.5) is 0 Å². The molecular weight excluding hydrogens is 314 g/mol. The van der Waals surface area contributed by atoms with Crippen LogP contribution >= 0.6 is 0 Å². The van der Waals surface area contributed by atoms with Gasteiger partial charge in [-0.25, -0.2) is 4.68 Å². The third-order valence-corrected chi connectivity index (χ3v) is 4.75. The van der Waals surface area contributed by atoms with Crippen molar-refractivity contribution in [1.29, 1.82) is 0 Å². The van der Waals surface area contributed by atoms with Gasteiger partial charge in [-0.15, -0.1) is 10.2 Å². The van der Waals surface area contributed by atoms with Gasteiger partial charge in [0.2, 0.25) is 11.8 Å². The van der Waals surface area contributed by atoms with Gasteiger partial charge in [-0.3, -0.25) is 4.90 Å². The van der Waals surface area contributed by atoms with Gasteiger partial charge in [0.05, 0.1) is 17.4 Å². The minimum Gasteiger partial charge on any atom is -0.424 e. The Bertz CT molecular complexity index is 880. The summed E-state index contributed by atoms with van der Waals surface area (Å²) < 4.78 is 7.61. The second kappa shape index (κ2) is 6.80. The van der Waals surface area contributed by atoms with Gasteiger partial charge in [-0.2, -0.15) is 5.10 Å². The minimum atomic E-state index is 0.0433. The molecule has 2 heterocycles. The van der Waals surface area contributed by atoms with E-state index in [1.807, 2.05) is 23.7 Å². The van der Waals surface area contributed by atoms with Gasteiger partial charge in [0.1, 0.15) is 0 Å². The highest BCUT2D eigenvalue weighted by Gasteiger charge is 2.21. The van der Waals surface area contributed by atoms with E-state index in [-0.39, 0.29) is 6.04 Å². The van der Waals surface area contributed by atoms with E-state index in [0.717, 1.165) is 23.6 Å². The number of aromatic nitrogens is 4. The van der Waals surface area contributed by atoms with E-state index in [1.54, 1.807) is 0 Å². The molecule has 3 aromatic rings. The van der Waals surface area contributed by atoms with Crippen molar-refractivity contribution in [2.24, 2.45) is 0 Å². The van der Waals surface area contributed by atoms with E-state index in [1.165, 1.54) is 11.1 Å². The Morgan fingerprint density at radius 2 is 1.84 bits per heavy atom. The van der Waals surface area contributed by atoms with Gasteiger partial charge in [0.15, 0.2) is 0 Å². The van der Waals surface area contributed by atoms with Gasteiger partial charge in [0.25, 0.3) is 0 Å². The zero-order valence-corrected chi connectivity index (χ0v) is 15.7. The maximum absolute atomic E-state index is 5.57. The highest BCUT2D eigenvalue weighted by molar-refractivity contribution is 5.42. The summed E-state index contributed by atoms with van der Waals surface area (Å²) in [7, 11) is 2.06. The molecule has 0 aliphatic carbocycles. The summed E-state index contributed by atoms with van der Waals surface area (Å²) in [5, 5.41) is 12.8. The summed E-state index contributed by atoms with van der Waals surface area (Å²) in [6, 6.07) is 8.35. The average molecular weight is 339 g/mol. The lowest BCUT2D eigenvalue weighted by Gasteiger charge is -2.22. The first kappa shape index (κ1) is 17.4. The molecule has 6 nitrogen and oxygen atoms in total. The lowest BCUT2D eigenvalue weighted by atomic mass is 10.1. The van der Waals surface area contributed by atoms with Crippen molar-refractivity contribution in [2.75, 3.05) is 7.05 Å². The molecule has 0 aliphatic heterocycles. The maximum atomic E-state index is 5.57. The van der Waals surface area contributed by atoms with E-state index in [2.05, 4.69) is 62.0 Å². The van der Waals surface area contributed by atoms with Crippen molar-refractivity contribution < 1.29 is 4.42 Å². The first-order valence-electron chi connectivity index (χ1n) is 8.49. The molecule has 0 N–H and O–H groups in total. The maximum Gasteiger partial charge on any atom is 0.233 e. The number of benzene rings is 1. The van der Waals surface area contributed by atoms with Crippen molar-refractivity contribution >= 4 is 0 Å². The minimum absolute atomic E-state index is 0.0433. The quantitative estimate of drug-likeness (QED) is 0.709. The normalized spacial score (nSPS) is 12.8. The third-order valence-electron chi connectivity index (χ3n) is 4.75. The number of hydrogen-bond acceptors (Lipinski definition) is 5. The smallest absolute Gasteiger partial charge is 0.233 e. The molecule has 0 radical (unpaired) electrons. The number of para-hydroxylation sites is 1. The average Bonchev–Trinajstić information content (AvgIpc) is 3.13. The third kappa shape index (κ3) is 3.35. The van der Waals surface area contributed by atoms with Gasteiger partial charge in [0, 0.05) is 24.7 Å². The molecule has 6 heteroatoms. The molecule has 3 rings (SSSR count). The number of hydrogen-bond donors (Lipinski definition) is 0. The second-order valence-corrected chi connectivity index (χ2v) is 6.60. The molecule has 2 aromatic heterocycles. The standard InChI is InChI=1S/C19H25N5O/c1-12-9-7-8-10-18(12)24-14(3)17(13(2)22-24)11-23(6)15(4)19-21-20-16(5)25-19/h7-10,15H,11H2,1-6H3/t15-/m0/s1. The SMILES string of the molecule is Cc1nnc([C@H](C)N(C)Cc2c(C)nn(-c3ccccc3C)c2C)o1. The highest BCUT2D eigenvalue weighted by atomic mass is 16.4. The Labute approximate surface area is 148 Å². The summed E-state index contributed by atoms with van der Waals surface area (Å²) in [5.74, 6) is 1.23. The Morgan fingerprint density at radius 3 is 2.48 bits per heavy atom. The van der Waals surface area contributed by atoms with Crippen LogP contribution in [0, 0.1) is 27.7 Å². The predicted molar refractivity (Wildman–Crippen MR) is 96.7 cm³/mol. The zero-order valence-electron chi connectivity index (χ0n) is 15.7. The monoisotopic (exact) mass is 339 g/mol. The molecule has 25 heavy (non-hydrogen) atoms. The van der Waals surface area contributed by atoms with Gasteiger partial charge >= 0.3 is 0 Å². The van der Waals surface area contributed by atoms with Crippen LogP contribution in [-0.4, -0.2) is 31.9 Å². The lowest BCUT2D eigenvalue weighted by Crippen LogP contribution is -2.23. The summed E-state index contributed by atoms with van der Waals surface area (Å²) in [4.78, 5) is 2.20. The molecule has 0 saturated heterocycles. The first-order valence-corrected chi connectivity index (χ1v) is 8.49.